The number of benzene rings is 1. The first-order valence-electron chi connectivity index (χ1n) is 9.81. The first-order chi connectivity index (χ1) is 15.2. The monoisotopic (exact) mass is 482 g/mol. The largest absolute Gasteiger partial charge is 0.360 e. The van der Waals surface area contributed by atoms with Gasteiger partial charge in [-0.3, -0.25) is 4.79 Å². The number of piperidine rings is 1. The van der Waals surface area contributed by atoms with E-state index >= 15 is 0 Å². The molecule has 0 unspecified atom stereocenters. The topological polar surface area (TPSA) is 105 Å². The highest BCUT2D eigenvalue weighted by Gasteiger charge is 2.35. The molecule has 0 atom stereocenters. The Morgan fingerprint density at radius 2 is 1.94 bits per heavy atom. The number of thiazole rings is 1. The van der Waals surface area contributed by atoms with E-state index in [-0.39, 0.29) is 35.6 Å². The molecule has 12 heteroatoms. The van der Waals surface area contributed by atoms with Crippen LogP contribution in [0.2, 0.25) is 0 Å². The molecular formula is C20H20F2N4O4S2. The van der Waals surface area contributed by atoms with Crippen molar-refractivity contribution in [1.82, 2.24) is 14.4 Å². The number of carbonyl (C=O) groups excluding carboxylic acids is 1. The van der Waals surface area contributed by atoms with E-state index in [4.69, 9.17) is 4.52 Å². The van der Waals surface area contributed by atoms with Crippen molar-refractivity contribution in [3.8, 4) is 11.3 Å². The maximum Gasteiger partial charge on any atom is 0.248 e. The second kappa shape index (κ2) is 8.68. The summed E-state index contributed by atoms with van der Waals surface area (Å²) < 4.78 is 58.7. The molecule has 3 heterocycles. The molecular weight excluding hydrogens is 462 g/mol. The van der Waals surface area contributed by atoms with E-state index in [1.807, 2.05) is 0 Å². The second-order valence-electron chi connectivity index (χ2n) is 7.49. The summed E-state index contributed by atoms with van der Waals surface area (Å²) in [5, 5.41) is 8.42. The molecule has 32 heavy (non-hydrogen) atoms. The van der Waals surface area contributed by atoms with Crippen LogP contribution >= 0.6 is 11.3 Å². The summed E-state index contributed by atoms with van der Waals surface area (Å²) in [4.78, 5) is 17.0. The normalized spacial score (nSPS) is 15.8. The first kappa shape index (κ1) is 22.5. The first-order valence-corrected chi connectivity index (χ1v) is 12.1. The number of rotatable bonds is 5. The average Bonchev–Trinajstić information content (AvgIpc) is 3.36. The average molecular weight is 483 g/mol. The maximum absolute atomic E-state index is 13.4. The van der Waals surface area contributed by atoms with Crippen molar-refractivity contribution in [2.45, 2.75) is 31.6 Å². The molecule has 1 amide bonds. The molecule has 0 radical (unpaired) electrons. The summed E-state index contributed by atoms with van der Waals surface area (Å²) in [6.07, 6.45) is 0.714. The standard InChI is InChI=1S/C20H20F2N4O4S2/c1-11-18(12(2)30-25-11)32(28,29)26-7-5-13(6-8-26)19(27)24-20-23-17(10-31-20)14-3-4-15(21)16(22)9-14/h3-4,9-10,13H,5-8H2,1-2H3,(H,23,24,27). The van der Waals surface area contributed by atoms with Crippen LogP contribution in [-0.2, 0) is 14.8 Å². The van der Waals surface area contributed by atoms with Gasteiger partial charge in [-0.2, -0.15) is 4.31 Å². The number of nitrogens with zero attached hydrogens (tertiary/aromatic N) is 3. The zero-order chi connectivity index (χ0) is 23.0. The van der Waals surface area contributed by atoms with Crippen LogP contribution < -0.4 is 5.32 Å². The molecule has 1 N–H and O–H groups in total. The van der Waals surface area contributed by atoms with E-state index in [1.165, 1.54) is 21.7 Å². The lowest BCUT2D eigenvalue weighted by Gasteiger charge is -2.30. The van der Waals surface area contributed by atoms with Gasteiger partial charge in [-0.25, -0.2) is 22.2 Å². The SMILES string of the molecule is Cc1noc(C)c1S(=O)(=O)N1CCC(C(=O)Nc2nc(-c3ccc(F)c(F)c3)cs2)CC1. The number of hydrogen-bond acceptors (Lipinski definition) is 7. The van der Waals surface area contributed by atoms with Crippen LogP contribution in [0.4, 0.5) is 13.9 Å². The van der Waals surface area contributed by atoms with Crippen molar-refractivity contribution in [1.29, 1.82) is 0 Å². The number of halogens is 2. The smallest absolute Gasteiger partial charge is 0.248 e. The quantitative estimate of drug-likeness (QED) is 0.594. The molecule has 1 aromatic carbocycles. The number of amides is 1. The lowest BCUT2D eigenvalue weighted by atomic mass is 9.97. The zero-order valence-corrected chi connectivity index (χ0v) is 18.9. The summed E-state index contributed by atoms with van der Waals surface area (Å²) in [5.41, 5.74) is 1.13. The zero-order valence-electron chi connectivity index (χ0n) is 17.3. The van der Waals surface area contributed by atoms with E-state index < -0.39 is 21.7 Å². The Balaban J connectivity index is 1.38. The Bertz CT molecular complexity index is 1240. The fourth-order valence-electron chi connectivity index (χ4n) is 3.66. The van der Waals surface area contributed by atoms with Gasteiger partial charge < -0.3 is 9.84 Å². The number of sulfonamides is 1. The third kappa shape index (κ3) is 4.30. The fourth-order valence-corrected chi connectivity index (χ4v) is 6.14. The van der Waals surface area contributed by atoms with E-state index in [0.29, 0.717) is 34.9 Å². The maximum atomic E-state index is 13.4. The molecule has 1 saturated heterocycles. The third-order valence-electron chi connectivity index (χ3n) is 5.34. The Morgan fingerprint density at radius 1 is 1.22 bits per heavy atom. The minimum absolute atomic E-state index is 0.0768. The van der Waals surface area contributed by atoms with Crippen molar-refractivity contribution in [2.24, 2.45) is 5.92 Å². The molecule has 4 rings (SSSR count). The molecule has 170 valence electrons. The molecule has 0 aliphatic carbocycles. The van der Waals surface area contributed by atoms with Crippen LogP contribution in [-0.4, -0.2) is 41.9 Å². The molecule has 1 fully saturated rings. The Hall–Kier alpha value is -2.70. The Morgan fingerprint density at radius 3 is 2.56 bits per heavy atom. The van der Waals surface area contributed by atoms with Gasteiger partial charge in [-0.15, -0.1) is 11.3 Å². The number of carbonyl (C=O) groups is 1. The highest BCUT2D eigenvalue weighted by atomic mass is 32.2. The van der Waals surface area contributed by atoms with E-state index in [9.17, 15) is 22.0 Å². The molecule has 1 aliphatic heterocycles. The van der Waals surface area contributed by atoms with Gasteiger partial charge in [0.25, 0.3) is 0 Å². The number of nitrogens with one attached hydrogen (secondary N) is 1. The Labute approximate surface area is 187 Å². The lowest BCUT2D eigenvalue weighted by molar-refractivity contribution is -0.120. The minimum Gasteiger partial charge on any atom is -0.360 e. The Kier molecular flexibility index (Phi) is 6.10. The van der Waals surface area contributed by atoms with Crippen molar-refractivity contribution < 1.29 is 26.5 Å². The van der Waals surface area contributed by atoms with Gasteiger partial charge in [0.1, 0.15) is 10.6 Å². The van der Waals surface area contributed by atoms with Gasteiger partial charge in [0, 0.05) is 30.0 Å². The van der Waals surface area contributed by atoms with Crippen LogP contribution in [0.15, 0.2) is 33.0 Å². The molecule has 0 bridgehead atoms. The van der Waals surface area contributed by atoms with Crippen LogP contribution in [0.25, 0.3) is 11.3 Å². The van der Waals surface area contributed by atoms with E-state index in [0.717, 1.165) is 12.1 Å². The highest BCUT2D eigenvalue weighted by molar-refractivity contribution is 7.89. The highest BCUT2D eigenvalue weighted by Crippen LogP contribution is 2.30. The molecule has 0 saturated carbocycles. The minimum atomic E-state index is -3.74. The molecule has 1 aliphatic rings. The van der Waals surface area contributed by atoms with Crippen LogP contribution in [0.1, 0.15) is 24.3 Å². The number of anilines is 1. The van der Waals surface area contributed by atoms with Gasteiger partial charge in [0.2, 0.25) is 15.9 Å². The summed E-state index contributed by atoms with van der Waals surface area (Å²) in [7, 11) is -3.74. The second-order valence-corrected chi connectivity index (χ2v) is 10.2. The molecule has 2 aromatic heterocycles. The lowest BCUT2D eigenvalue weighted by Crippen LogP contribution is -2.41. The van der Waals surface area contributed by atoms with Gasteiger partial charge in [-0.1, -0.05) is 5.16 Å². The fraction of sp³-hybridized carbons (Fsp3) is 0.350. The third-order valence-corrected chi connectivity index (χ3v) is 8.24. The van der Waals surface area contributed by atoms with Gasteiger partial charge in [0.05, 0.1) is 5.69 Å². The summed E-state index contributed by atoms with van der Waals surface area (Å²) in [6, 6.07) is 3.48. The predicted octanol–water partition coefficient (Wildman–Crippen LogP) is 3.73. The van der Waals surface area contributed by atoms with Crippen molar-refractivity contribution in [2.75, 3.05) is 18.4 Å². The summed E-state index contributed by atoms with van der Waals surface area (Å²) >= 11 is 1.17. The number of hydrogen-bond donors (Lipinski definition) is 1. The summed E-state index contributed by atoms with van der Waals surface area (Å²) in [6.45, 7) is 3.52. The van der Waals surface area contributed by atoms with Crippen LogP contribution in [0.5, 0.6) is 0 Å². The van der Waals surface area contributed by atoms with Crippen molar-refractivity contribution in [3.05, 3.63) is 46.7 Å². The predicted molar refractivity (Wildman–Crippen MR) is 114 cm³/mol. The van der Waals surface area contributed by atoms with Gasteiger partial charge >= 0.3 is 0 Å². The van der Waals surface area contributed by atoms with E-state index in [1.54, 1.807) is 19.2 Å². The van der Waals surface area contributed by atoms with Crippen LogP contribution in [0.3, 0.4) is 0 Å². The molecule has 8 nitrogen and oxygen atoms in total. The van der Waals surface area contributed by atoms with Crippen LogP contribution in [0, 0.1) is 31.4 Å². The van der Waals surface area contributed by atoms with Crippen molar-refractivity contribution >= 4 is 32.4 Å². The van der Waals surface area contributed by atoms with Gasteiger partial charge in [-0.05, 0) is 44.9 Å². The molecule has 3 aromatic rings. The number of aromatic nitrogens is 2. The summed E-state index contributed by atoms with van der Waals surface area (Å²) in [5.74, 6) is -2.31. The van der Waals surface area contributed by atoms with Gasteiger partial charge in [0.15, 0.2) is 22.5 Å². The van der Waals surface area contributed by atoms with Crippen molar-refractivity contribution in [3.63, 3.8) is 0 Å². The molecule has 0 spiro atoms. The number of aryl methyl sites for hydroxylation is 2. The van der Waals surface area contributed by atoms with E-state index in [2.05, 4.69) is 15.5 Å².